The van der Waals surface area contributed by atoms with E-state index in [4.69, 9.17) is 4.74 Å². The summed E-state index contributed by atoms with van der Waals surface area (Å²) in [6, 6.07) is 8.26. The van der Waals surface area contributed by atoms with Gasteiger partial charge < -0.3 is 15.4 Å². The van der Waals surface area contributed by atoms with Crippen molar-refractivity contribution in [3.05, 3.63) is 29.8 Å². The Balaban J connectivity index is 1.66. The van der Waals surface area contributed by atoms with Crippen LogP contribution in [0.2, 0.25) is 0 Å². The number of benzene rings is 1. The normalized spacial score (nSPS) is 15.8. The first-order valence-corrected chi connectivity index (χ1v) is 7.41. The summed E-state index contributed by atoms with van der Waals surface area (Å²) >= 11 is 0. The van der Waals surface area contributed by atoms with Gasteiger partial charge in [-0.05, 0) is 30.5 Å². The molecular formula is C16H24N2O2. The SMILES string of the molecule is COc1ccc(CNC(=O)CNC2CCCCC2)cc1. The topological polar surface area (TPSA) is 50.4 Å². The molecule has 0 spiro atoms. The standard InChI is InChI=1S/C16H24N2O2/c1-20-15-9-7-13(8-10-15)11-18-16(19)12-17-14-5-3-2-4-6-14/h7-10,14,17H,2-6,11-12H2,1H3,(H,18,19). The van der Waals surface area contributed by atoms with Crippen molar-refractivity contribution in [2.45, 2.75) is 44.7 Å². The molecule has 1 fully saturated rings. The number of amides is 1. The highest BCUT2D eigenvalue weighted by molar-refractivity contribution is 5.78. The summed E-state index contributed by atoms with van der Waals surface area (Å²) in [5, 5.41) is 6.28. The van der Waals surface area contributed by atoms with E-state index in [9.17, 15) is 4.79 Å². The summed E-state index contributed by atoms with van der Waals surface area (Å²) in [5.74, 6) is 0.894. The average Bonchev–Trinajstić information content (AvgIpc) is 2.52. The largest absolute Gasteiger partial charge is 0.497 e. The van der Waals surface area contributed by atoms with Gasteiger partial charge in [0.1, 0.15) is 5.75 Å². The molecule has 0 aromatic heterocycles. The molecular weight excluding hydrogens is 252 g/mol. The second-order valence-corrected chi connectivity index (χ2v) is 5.34. The van der Waals surface area contributed by atoms with E-state index in [1.807, 2.05) is 24.3 Å². The molecule has 1 saturated carbocycles. The number of ether oxygens (including phenoxy) is 1. The van der Waals surface area contributed by atoms with E-state index in [-0.39, 0.29) is 5.91 Å². The predicted molar refractivity (Wildman–Crippen MR) is 79.7 cm³/mol. The third-order valence-electron chi connectivity index (χ3n) is 3.81. The van der Waals surface area contributed by atoms with Crippen LogP contribution < -0.4 is 15.4 Å². The smallest absolute Gasteiger partial charge is 0.234 e. The number of nitrogens with one attached hydrogen (secondary N) is 2. The van der Waals surface area contributed by atoms with Crippen LogP contribution in [0.15, 0.2) is 24.3 Å². The summed E-state index contributed by atoms with van der Waals surface area (Å²) in [6.45, 7) is 0.982. The number of hydrogen-bond acceptors (Lipinski definition) is 3. The zero-order valence-corrected chi connectivity index (χ0v) is 12.2. The molecule has 0 aliphatic heterocycles. The van der Waals surface area contributed by atoms with Crippen molar-refractivity contribution in [1.29, 1.82) is 0 Å². The number of methoxy groups -OCH3 is 1. The number of hydrogen-bond donors (Lipinski definition) is 2. The maximum absolute atomic E-state index is 11.8. The number of carbonyl (C=O) groups excluding carboxylic acids is 1. The van der Waals surface area contributed by atoms with Crippen LogP contribution in [0, 0.1) is 0 Å². The van der Waals surface area contributed by atoms with Crippen LogP contribution in [-0.2, 0) is 11.3 Å². The summed E-state index contributed by atoms with van der Waals surface area (Å²) in [4.78, 5) is 11.8. The molecule has 2 rings (SSSR count). The molecule has 110 valence electrons. The monoisotopic (exact) mass is 276 g/mol. The Bertz CT molecular complexity index is 411. The summed E-state index contributed by atoms with van der Waals surface area (Å²) in [6.07, 6.45) is 6.30. The lowest BCUT2D eigenvalue weighted by Crippen LogP contribution is -2.39. The molecule has 0 heterocycles. The molecule has 0 atom stereocenters. The van der Waals surface area contributed by atoms with Gasteiger partial charge in [-0.25, -0.2) is 0 Å². The molecule has 2 N–H and O–H groups in total. The highest BCUT2D eigenvalue weighted by atomic mass is 16.5. The van der Waals surface area contributed by atoms with Crippen molar-refractivity contribution in [2.75, 3.05) is 13.7 Å². The summed E-state index contributed by atoms with van der Waals surface area (Å²) in [5.41, 5.74) is 1.08. The fraction of sp³-hybridized carbons (Fsp3) is 0.562. The number of carbonyl (C=O) groups is 1. The van der Waals surface area contributed by atoms with Gasteiger partial charge in [0.25, 0.3) is 0 Å². The molecule has 1 aromatic carbocycles. The Hall–Kier alpha value is -1.55. The predicted octanol–water partition coefficient (Wildman–Crippen LogP) is 2.23. The van der Waals surface area contributed by atoms with E-state index in [0.717, 1.165) is 11.3 Å². The molecule has 0 unspecified atom stereocenters. The van der Waals surface area contributed by atoms with E-state index in [0.29, 0.717) is 19.1 Å². The van der Waals surface area contributed by atoms with Gasteiger partial charge in [0.05, 0.1) is 13.7 Å². The first-order chi connectivity index (χ1) is 9.78. The summed E-state index contributed by atoms with van der Waals surface area (Å²) in [7, 11) is 1.65. The Morgan fingerprint density at radius 2 is 1.90 bits per heavy atom. The average molecular weight is 276 g/mol. The van der Waals surface area contributed by atoms with Crippen molar-refractivity contribution >= 4 is 5.91 Å². The molecule has 4 heteroatoms. The highest BCUT2D eigenvalue weighted by Crippen LogP contribution is 2.17. The zero-order chi connectivity index (χ0) is 14.2. The Kier molecular flexibility index (Phi) is 5.87. The Morgan fingerprint density at radius 3 is 2.55 bits per heavy atom. The second-order valence-electron chi connectivity index (χ2n) is 5.34. The van der Waals surface area contributed by atoms with Gasteiger partial charge in [0.15, 0.2) is 0 Å². The van der Waals surface area contributed by atoms with E-state index >= 15 is 0 Å². The minimum atomic E-state index is 0.0615. The van der Waals surface area contributed by atoms with Crippen LogP contribution in [0.4, 0.5) is 0 Å². The molecule has 1 aromatic rings. The lowest BCUT2D eigenvalue weighted by atomic mass is 9.95. The minimum absolute atomic E-state index is 0.0615. The van der Waals surface area contributed by atoms with E-state index in [2.05, 4.69) is 10.6 Å². The maximum atomic E-state index is 11.8. The Morgan fingerprint density at radius 1 is 1.20 bits per heavy atom. The molecule has 20 heavy (non-hydrogen) atoms. The lowest BCUT2D eigenvalue weighted by Gasteiger charge is -2.22. The third kappa shape index (κ3) is 4.85. The van der Waals surface area contributed by atoms with Gasteiger partial charge in [-0.2, -0.15) is 0 Å². The van der Waals surface area contributed by atoms with Gasteiger partial charge in [0, 0.05) is 12.6 Å². The fourth-order valence-electron chi connectivity index (χ4n) is 2.55. The molecule has 0 saturated heterocycles. The lowest BCUT2D eigenvalue weighted by molar-refractivity contribution is -0.120. The van der Waals surface area contributed by atoms with Crippen LogP contribution in [0.25, 0.3) is 0 Å². The van der Waals surface area contributed by atoms with Crippen molar-refractivity contribution in [3.63, 3.8) is 0 Å². The van der Waals surface area contributed by atoms with Gasteiger partial charge in [0.2, 0.25) is 5.91 Å². The van der Waals surface area contributed by atoms with E-state index < -0.39 is 0 Å². The van der Waals surface area contributed by atoms with E-state index in [1.54, 1.807) is 7.11 Å². The van der Waals surface area contributed by atoms with Crippen molar-refractivity contribution in [2.24, 2.45) is 0 Å². The van der Waals surface area contributed by atoms with Crippen molar-refractivity contribution < 1.29 is 9.53 Å². The molecule has 0 radical (unpaired) electrons. The molecule has 1 aliphatic rings. The second kappa shape index (κ2) is 7.90. The van der Waals surface area contributed by atoms with Crippen LogP contribution >= 0.6 is 0 Å². The van der Waals surface area contributed by atoms with Gasteiger partial charge in [-0.3, -0.25) is 4.79 Å². The molecule has 1 aliphatic carbocycles. The minimum Gasteiger partial charge on any atom is -0.497 e. The first-order valence-electron chi connectivity index (χ1n) is 7.41. The maximum Gasteiger partial charge on any atom is 0.234 e. The van der Waals surface area contributed by atoms with Crippen LogP contribution in [-0.4, -0.2) is 25.6 Å². The molecule has 1 amide bonds. The molecule has 4 nitrogen and oxygen atoms in total. The van der Waals surface area contributed by atoms with Crippen LogP contribution in [0.5, 0.6) is 5.75 Å². The van der Waals surface area contributed by atoms with Gasteiger partial charge in [-0.1, -0.05) is 31.4 Å². The van der Waals surface area contributed by atoms with Gasteiger partial charge in [-0.15, -0.1) is 0 Å². The van der Waals surface area contributed by atoms with Gasteiger partial charge >= 0.3 is 0 Å². The van der Waals surface area contributed by atoms with Crippen LogP contribution in [0.3, 0.4) is 0 Å². The third-order valence-corrected chi connectivity index (χ3v) is 3.81. The number of rotatable bonds is 6. The fourth-order valence-corrected chi connectivity index (χ4v) is 2.55. The first kappa shape index (κ1) is 14.9. The van der Waals surface area contributed by atoms with Crippen LogP contribution in [0.1, 0.15) is 37.7 Å². The quantitative estimate of drug-likeness (QED) is 0.837. The highest BCUT2D eigenvalue weighted by Gasteiger charge is 2.13. The van der Waals surface area contributed by atoms with Crippen molar-refractivity contribution in [1.82, 2.24) is 10.6 Å². The Labute approximate surface area is 120 Å². The van der Waals surface area contributed by atoms with Crippen molar-refractivity contribution in [3.8, 4) is 5.75 Å². The van der Waals surface area contributed by atoms with E-state index in [1.165, 1.54) is 32.1 Å². The zero-order valence-electron chi connectivity index (χ0n) is 12.2. The molecule has 0 bridgehead atoms. The summed E-state index contributed by atoms with van der Waals surface area (Å²) < 4.78 is 5.10.